The molecule has 1 aromatic carbocycles. The van der Waals surface area contributed by atoms with Crippen molar-refractivity contribution in [3.63, 3.8) is 0 Å². The lowest BCUT2D eigenvalue weighted by Gasteiger charge is -2.09. The van der Waals surface area contributed by atoms with Gasteiger partial charge in [-0.2, -0.15) is 0 Å². The van der Waals surface area contributed by atoms with E-state index in [0.29, 0.717) is 16.7 Å². The van der Waals surface area contributed by atoms with Gasteiger partial charge in [-0.15, -0.1) is 0 Å². The molecule has 18 heavy (non-hydrogen) atoms. The van der Waals surface area contributed by atoms with Gasteiger partial charge < -0.3 is 4.42 Å². The largest absolute Gasteiger partial charge is 0.459 e. The summed E-state index contributed by atoms with van der Waals surface area (Å²) < 4.78 is 7.41. The van der Waals surface area contributed by atoms with Gasteiger partial charge in [-0.1, -0.05) is 15.9 Å². The smallest absolute Gasteiger partial charge is 0.193 e. The topological polar surface area (TPSA) is 30.2 Å². The zero-order valence-electron chi connectivity index (χ0n) is 9.11. The Labute approximate surface area is 122 Å². The molecule has 0 saturated heterocycles. The Morgan fingerprint density at radius 3 is 2.44 bits per heavy atom. The van der Waals surface area contributed by atoms with Crippen LogP contribution < -0.4 is 5.43 Å². The van der Waals surface area contributed by atoms with Gasteiger partial charge in [-0.3, -0.25) is 4.79 Å². The lowest BCUT2D eigenvalue weighted by molar-refractivity contribution is 0.561. The summed E-state index contributed by atoms with van der Waals surface area (Å²) in [5.41, 5.74) is 0.524. The van der Waals surface area contributed by atoms with E-state index >= 15 is 0 Å². The molecule has 1 aromatic heterocycles. The number of benzene rings is 1. The molecule has 5 radical (unpaired) electrons. The molecular formula is C14H7Br2O2. The van der Waals surface area contributed by atoms with Crippen molar-refractivity contribution in [2.75, 3.05) is 0 Å². The molecule has 0 unspecified atom stereocenters. The predicted octanol–water partition coefficient (Wildman–Crippen LogP) is 4.07. The first-order chi connectivity index (χ1) is 8.65. The molecule has 1 saturated carbocycles. The first-order valence-electron chi connectivity index (χ1n) is 5.30. The Bertz CT molecular complexity index is 655. The minimum atomic E-state index is -0.0468. The highest BCUT2D eigenvalue weighted by molar-refractivity contribution is 9.11. The highest BCUT2D eigenvalue weighted by atomic mass is 79.9. The molecule has 0 N–H and O–H groups in total. The third kappa shape index (κ3) is 2.16. The number of fused-ring (bicyclic) bond motifs is 1. The molecular weight excluding hydrogens is 360 g/mol. The van der Waals surface area contributed by atoms with E-state index in [1.54, 1.807) is 6.07 Å². The zero-order valence-corrected chi connectivity index (χ0v) is 12.3. The second-order valence-corrected chi connectivity index (χ2v) is 5.68. The van der Waals surface area contributed by atoms with E-state index in [9.17, 15) is 4.79 Å². The SMILES string of the molecule is O=c1cc([C]2[CH][CH][CH][CH]2)oc2c(Br)cc(Br)cc12. The van der Waals surface area contributed by atoms with Crippen molar-refractivity contribution in [2.45, 2.75) is 0 Å². The van der Waals surface area contributed by atoms with Crippen molar-refractivity contribution in [1.29, 1.82) is 0 Å². The molecule has 0 atom stereocenters. The van der Waals surface area contributed by atoms with Crippen LogP contribution in [0.1, 0.15) is 5.76 Å². The fraction of sp³-hybridized carbons (Fsp3) is 0. The van der Waals surface area contributed by atoms with Crippen molar-refractivity contribution in [3.8, 4) is 0 Å². The maximum atomic E-state index is 12.1. The van der Waals surface area contributed by atoms with E-state index in [2.05, 4.69) is 31.9 Å². The lowest BCUT2D eigenvalue weighted by Crippen LogP contribution is -2.05. The molecule has 1 aliphatic carbocycles. The van der Waals surface area contributed by atoms with Crippen LogP contribution in [0.3, 0.4) is 0 Å². The number of rotatable bonds is 1. The van der Waals surface area contributed by atoms with Crippen LogP contribution in [0.5, 0.6) is 0 Å². The molecule has 0 aliphatic heterocycles. The summed E-state index contributed by atoms with van der Waals surface area (Å²) in [6.07, 6.45) is 7.65. The third-order valence-corrected chi connectivity index (χ3v) is 3.74. The lowest BCUT2D eigenvalue weighted by atomic mass is 10.0. The minimum absolute atomic E-state index is 0.0468. The highest BCUT2D eigenvalue weighted by Crippen LogP contribution is 2.33. The second-order valence-electron chi connectivity index (χ2n) is 3.91. The molecule has 2 aromatic rings. The normalized spacial score (nSPS) is 16.6. The van der Waals surface area contributed by atoms with Gasteiger partial charge in [0.15, 0.2) is 11.0 Å². The highest BCUT2D eigenvalue weighted by Gasteiger charge is 2.22. The Morgan fingerprint density at radius 1 is 1.00 bits per heavy atom. The molecule has 0 spiro atoms. The van der Waals surface area contributed by atoms with E-state index in [0.717, 1.165) is 14.9 Å². The molecule has 3 rings (SSSR count). The molecule has 0 amide bonds. The molecule has 1 fully saturated rings. The van der Waals surface area contributed by atoms with Gasteiger partial charge in [0.2, 0.25) is 0 Å². The van der Waals surface area contributed by atoms with Crippen LogP contribution in [0.2, 0.25) is 0 Å². The Kier molecular flexibility index (Phi) is 3.32. The maximum Gasteiger partial charge on any atom is 0.193 e. The van der Waals surface area contributed by atoms with Crippen molar-refractivity contribution in [2.24, 2.45) is 0 Å². The van der Waals surface area contributed by atoms with Crippen LogP contribution >= 0.6 is 31.9 Å². The van der Waals surface area contributed by atoms with Gasteiger partial charge in [0, 0.05) is 16.5 Å². The number of hydrogen-bond acceptors (Lipinski definition) is 2. The van der Waals surface area contributed by atoms with E-state index in [1.165, 1.54) is 6.07 Å². The van der Waals surface area contributed by atoms with Gasteiger partial charge in [0.25, 0.3) is 0 Å². The monoisotopic (exact) mass is 365 g/mol. The van der Waals surface area contributed by atoms with Crippen LogP contribution in [-0.4, -0.2) is 0 Å². The van der Waals surface area contributed by atoms with Crippen LogP contribution in [0.4, 0.5) is 0 Å². The summed E-state index contributed by atoms with van der Waals surface area (Å²) in [5, 5.41) is 0.562. The Balaban J connectivity index is 2.23. The first kappa shape index (κ1) is 12.4. The van der Waals surface area contributed by atoms with Gasteiger partial charge in [0.1, 0.15) is 5.76 Å². The molecule has 1 aliphatic rings. The standard InChI is InChI=1S/C14H7Br2O2/c15-9-5-10-12(17)7-13(8-3-1-2-4-8)18-14(10)11(16)6-9/h1-7H. The van der Waals surface area contributed by atoms with Gasteiger partial charge >= 0.3 is 0 Å². The summed E-state index contributed by atoms with van der Waals surface area (Å²) in [6, 6.07) is 5.15. The maximum absolute atomic E-state index is 12.1. The van der Waals surface area contributed by atoms with Crippen LogP contribution in [-0.2, 0) is 0 Å². The average Bonchev–Trinajstić information content (AvgIpc) is 2.83. The van der Waals surface area contributed by atoms with Gasteiger partial charge in [-0.05, 0) is 53.7 Å². The summed E-state index contributed by atoms with van der Waals surface area (Å²) in [4.78, 5) is 12.1. The van der Waals surface area contributed by atoms with Crippen LogP contribution in [0.15, 0.2) is 36.4 Å². The van der Waals surface area contributed by atoms with E-state index in [1.807, 2.05) is 31.7 Å². The quantitative estimate of drug-likeness (QED) is 0.761. The Hall–Kier alpha value is -0.610. The number of hydrogen-bond donors (Lipinski definition) is 0. The summed E-state index contributed by atoms with van der Waals surface area (Å²) >= 11 is 6.78. The molecule has 89 valence electrons. The van der Waals surface area contributed by atoms with E-state index in [4.69, 9.17) is 4.42 Å². The van der Waals surface area contributed by atoms with Crippen molar-refractivity contribution < 1.29 is 4.42 Å². The summed E-state index contributed by atoms with van der Waals surface area (Å²) in [6.45, 7) is 0. The van der Waals surface area contributed by atoms with Crippen LogP contribution in [0.25, 0.3) is 11.0 Å². The summed E-state index contributed by atoms with van der Waals surface area (Å²) in [5.74, 6) is 1.49. The van der Waals surface area contributed by atoms with Gasteiger partial charge in [-0.25, -0.2) is 0 Å². The van der Waals surface area contributed by atoms with Crippen molar-refractivity contribution >= 4 is 42.8 Å². The molecule has 1 heterocycles. The molecule has 0 bridgehead atoms. The third-order valence-electron chi connectivity index (χ3n) is 2.70. The van der Waals surface area contributed by atoms with E-state index in [-0.39, 0.29) is 5.43 Å². The van der Waals surface area contributed by atoms with Crippen LogP contribution in [0, 0.1) is 31.6 Å². The zero-order chi connectivity index (χ0) is 12.7. The van der Waals surface area contributed by atoms with Crippen molar-refractivity contribution in [3.05, 3.63) is 74.7 Å². The predicted molar refractivity (Wildman–Crippen MR) is 77.4 cm³/mol. The number of halogens is 2. The Morgan fingerprint density at radius 2 is 1.72 bits per heavy atom. The fourth-order valence-corrected chi connectivity index (χ4v) is 3.17. The fourth-order valence-electron chi connectivity index (χ4n) is 1.86. The summed E-state index contributed by atoms with van der Waals surface area (Å²) in [7, 11) is 0. The van der Waals surface area contributed by atoms with E-state index < -0.39 is 0 Å². The first-order valence-corrected chi connectivity index (χ1v) is 6.89. The molecule has 2 nitrogen and oxygen atoms in total. The second kappa shape index (κ2) is 4.82. The molecule has 4 heteroatoms. The average molecular weight is 367 g/mol. The minimum Gasteiger partial charge on any atom is -0.459 e. The van der Waals surface area contributed by atoms with Gasteiger partial charge in [0.05, 0.1) is 9.86 Å². The van der Waals surface area contributed by atoms with Crippen molar-refractivity contribution in [1.82, 2.24) is 0 Å².